The lowest BCUT2D eigenvalue weighted by molar-refractivity contribution is -0.137. The highest BCUT2D eigenvalue weighted by molar-refractivity contribution is 6.04. The minimum atomic E-state index is -0.519. The van der Waals surface area contributed by atoms with Crippen molar-refractivity contribution in [2.45, 2.75) is 13.3 Å². The third-order valence-electron chi connectivity index (χ3n) is 3.18. The first-order valence-corrected chi connectivity index (χ1v) is 6.34. The standard InChI is InChI=1S/C15H16N2O3/c1-10(18)16-13(11-6-4-3-5-7-11)8-12-9-14(19)17(2)15(12)20/h3-8,12H,9H2,1-2H3,(H,16,18)/b13-8-/t12-/m1/s1. The first-order chi connectivity index (χ1) is 9.49. The lowest BCUT2D eigenvalue weighted by atomic mass is 10.0. The van der Waals surface area contributed by atoms with Crippen molar-refractivity contribution in [2.24, 2.45) is 5.92 Å². The van der Waals surface area contributed by atoms with Crippen LogP contribution in [-0.2, 0) is 14.4 Å². The van der Waals surface area contributed by atoms with Gasteiger partial charge in [-0.2, -0.15) is 0 Å². The molecule has 1 atom stereocenters. The Balaban J connectivity index is 2.32. The minimum Gasteiger partial charge on any atom is -0.326 e. The maximum absolute atomic E-state index is 11.9. The molecule has 5 heteroatoms. The monoisotopic (exact) mass is 272 g/mol. The van der Waals surface area contributed by atoms with E-state index in [2.05, 4.69) is 5.32 Å². The third kappa shape index (κ3) is 2.93. The zero-order valence-corrected chi connectivity index (χ0v) is 11.4. The van der Waals surface area contributed by atoms with Crippen molar-refractivity contribution in [3.63, 3.8) is 0 Å². The molecule has 2 rings (SSSR count). The summed E-state index contributed by atoms with van der Waals surface area (Å²) in [6.07, 6.45) is 1.80. The van der Waals surface area contributed by atoms with E-state index in [0.29, 0.717) is 5.70 Å². The van der Waals surface area contributed by atoms with Crippen LogP contribution in [0, 0.1) is 5.92 Å². The van der Waals surface area contributed by atoms with Crippen LogP contribution in [-0.4, -0.2) is 29.7 Å². The van der Waals surface area contributed by atoms with Gasteiger partial charge in [-0.15, -0.1) is 0 Å². The Kier molecular flexibility index (Phi) is 3.98. The summed E-state index contributed by atoms with van der Waals surface area (Å²) in [5, 5.41) is 2.71. The molecule has 0 bridgehead atoms. The van der Waals surface area contributed by atoms with Gasteiger partial charge in [-0.1, -0.05) is 30.3 Å². The second-order valence-electron chi connectivity index (χ2n) is 4.73. The van der Waals surface area contributed by atoms with Crippen molar-refractivity contribution in [2.75, 3.05) is 7.05 Å². The Morgan fingerprint density at radius 2 is 1.95 bits per heavy atom. The van der Waals surface area contributed by atoms with Crippen LogP contribution in [0.3, 0.4) is 0 Å². The summed E-state index contributed by atoms with van der Waals surface area (Å²) in [6, 6.07) is 9.24. The average molecular weight is 272 g/mol. The summed E-state index contributed by atoms with van der Waals surface area (Å²) in [4.78, 5) is 35.9. The lowest BCUT2D eigenvalue weighted by Gasteiger charge is -2.11. The van der Waals surface area contributed by atoms with Gasteiger partial charge < -0.3 is 5.32 Å². The number of amides is 3. The maximum Gasteiger partial charge on any atom is 0.236 e. The number of hydrogen-bond donors (Lipinski definition) is 1. The number of carbonyl (C=O) groups is 3. The number of nitrogens with zero attached hydrogens (tertiary/aromatic N) is 1. The molecule has 1 fully saturated rings. The van der Waals surface area contributed by atoms with Crippen molar-refractivity contribution in [1.82, 2.24) is 10.2 Å². The summed E-state index contributed by atoms with van der Waals surface area (Å²) < 4.78 is 0. The highest BCUT2D eigenvalue weighted by atomic mass is 16.2. The Morgan fingerprint density at radius 1 is 1.30 bits per heavy atom. The summed E-state index contributed by atoms with van der Waals surface area (Å²) in [7, 11) is 1.47. The Morgan fingerprint density at radius 3 is 2.45 bits per heavy atom. The molecule has 1 aliphatic heterocycles. The molecule has 5 nitrogen and oxygen atoms in total. The maximum atomic E-state index is 11.9. The van der Waals surface area contributed by atoms with E-state index >= 15 is 0 Å². The number of rotatable bonds is 3. The summed E-state index contributed by atoms with van der Waals surface area (Å²) in [5.74, 6) is -1.18. The van der Waals surface area contributed by atoms with E-state index < -0.39 is 5.92 Å². The van der Waals surface area contributed by atoms with Gasteiger partial charge in [0.2, 0.25) is 17.7 Å². The number of imide groups is 1. The van der Waals surface area contributed by atoms with Gasteiger partial charge in [0.05, 0.1) is 5.92 Å². The summed E-state index contributed by atoms with van der Waals surface area (Å²) >= 11 is 0. The van der Waals surface area contributed by atoms with Crippen LogP contribution in [0.4, 0.5) is 0 Å². The van der Waals surface area contributed by atoms with Crippen LogP contribution in [0.2, 0.25) is 0 Å². The number of benzene rings is 1. The predicted octanol–water partition coefficient (Wildman–Crippen LogP) is 1.17. The van der Waals surface area contributed by atoms with Crippen LogP contribution in [0.25, 0.3) is 5.70 Å². The summed E-state index contributed by atoms with van der Waals surface area (Å²) in [6.45, 7) is 1.41. The first kappa shape index (κ1) is 14.0. The van der Waals surface area contributed by atoms with E-state index in [-0.39, 0.29) is 24.1 Å². The topological polar surface area (TPSA) is 66.5 Å². The van der Waals surface area contributed by atoms with Crippen molar-refractivity contribution >= 4 is 23.4 Å². The molecule has 3 amide bonds. The Bertz CT molecular complexity index is 578. The SMILES string of the molecule is CC(=O)N/C(=C\[C@@H]1CC(=O)N(C)C1=O)c1ccccc1. The minimum absolute atomic E-state index is 0.144. The zero-order chi connectivity index (χ0) is 14.7. The second kappa shape index (κ2) is 5.69. The molecular weight excluding hydrogens is 256 g/mol. The van der Waals surface area contributed by atoms with Crippen molar-refractivity contribution in [3.8, 4) is 0 Å². The van der Waals surface area contributed by atoms with Gasteiger partial charge in [-0.3, -0.25) is 19.3 Å². The summed E-state index contributed by atoms with van der Waals surface area (Å²) in [5.41, 5.74) is 1.36. The predicted molar refractivity (Wildman–Crippen MR) is 74.1 cm³/mol. The number of likely N-dealkylation sites (tertiary alicyclic amines) is 1. The molecule has 1 aromatic rings. The highest BCUT2D eigenvalue weighted by Gasteiger charge is 2.34. The number of hydrogen-bond acceptors (Lipinski definition) is 3. The van der Waals surface area contributed by atoms with E-state index in [0.717, 1.165) is 10.5 Å². The van der Waals surface area contributed by atoms with Crippen LogP contribution < -0.4 is 5.32 Å². The van der Waals surface area contributed by atoms with Crippen molar-refractivity contribution < 1.29 is 14.4 Å². The van der Waals surface area contributed by atoms with Crippen LogP contribution in [0.5, 0.6) is 0 Å². The zero-order valence-electron chi connectivity index (χ0n) is 11.4. The lowest BCUT2D eigenvalue weighted by Crippen LogP contribution is -2.26. The fourth-order valence-electron chi connectivity index (χ4n) is 2.13. The molecular formula is C15H16N2O3. The van der Waals surface area contributed by atoms with Gasteiger partial charge in [0.1, 0.15) is 0 Å². The molecule has 0 spiro atoms. The largest absolute Gasteiger partial charge is 0.326 e. The van der Waals surface area contributed by atoms with Crippen molar-refractivity contribution in [3.05, 3.63) is 42.0 Å². The van der Waals surface area contributed by atoms with Gasteiger partial charge in [0.15, 0.2) is 0 Å². The van der Waals surface area contributed by atoms with Crippen LogP contribution >= 0.6 is 0 Å². The molecule has 104 valence electrons. The van der Waals surface area contributed by atoms with Gasteiger partial charge >= 0.3 is 0 Å². The molecule has 1 aliphatic rings. The normalized spacial score (nSPS) is 19.4. The van der Waals surface area contributed by atoms with E-state index in [1.54, 1.807) is 6.08 Å². The second-order valence-corrected chi connectivity index (χ2v) is 4.73. The molecule has 0 aromatic heterocycles. The number of carbonyl (C=O) groups excluding carboxylic acids is 3. The first-order valence-electron chi connectivity index (χ1n) is 6.34. The quantitative estimate of drug-likeness (QED) is 0.840. The molecule has 0 aliphatic carbocycles. The fourth-order valence-corrected chi connectivity index (χ4v) is 2.13. The van der Waals surface area contributed by atoms with Crippen molar-refractivity contribution in [1.29, 1.82) is 0 Å². The molecule has 1 saturated heterocycles. The fraction of sp³-hybridized carbons (Fsp3) is 0.267. The molecule has 0 saturated carbocycles. The van der Waals surface area contributed by atoms with Gasteiger partial charge in [-0.25, -0.2) is 0 Å². The van der Waals surface area contributed by atoms with Gasteiger partial charge in [0, 0.05) is 26.1 Å². The molecule has 1 N–H and O–H groups in total. The van der Waals surface area contributed by atoms with Gasteiger partial charge in [0.25, 0.3) is 0 Å². The van der Waals surface area contributed by atoms with Gasteiger partial charge in [-0.05, 0) is 11.6 Å². The van der Waals surface area contributed by atoms with E-state index in [4.69, 9.17) is 0 Å². The van der Waals surface area contributed by atoms with E-state index in [1.807, 2.05) is 30.3 Å². The number of nitrogens with one attached hydrogen (secondary N) is 1. The van der Waals surface area contributed by atoms with Crippen LogP contribution in [0.15, 0.2) is 36.4 Å². The third-order valence-corrected chi connectivity index (χ3v) is 3.18. The Hall–Kier alpha value is -2.43. The molecule has 0 radical (unpaired) electrons. The van der Waals surface area contributed by atoms with Crippen LogP contribution in [0.1, 0.15) is 18.9 Å². The van der Waals surface area contributed by atoms with E-state index in [9.17, 15) is 14.4 Å². The molecule has 20 heavy (non-hydrogen) atoms. The highest BCUT2D eigenvalue weighted by Crippen LogP contribution is 2.23. The molecule has 0 unspecified atom stereocenters. The molecule has 1 aromatic carbocycles. The Labute approximate surface area is 117 Å². The van der Waals surface area contributed by atoms with E-state index in [1.165, 1.54) is 14.0 Å². The smallest absolute Gasteiger partial charge is 0.236 e. The molecule has 1 heterocycles. The average Bonchev–Trinajstić information content (AvgIpc) is 2.66.